The molecule has 1 aromatic heterocycles. The first-order chi connectivity index (χ1) is 14.5. The maximum atomic E-state index is 12.7. The van der Waals surface area contributed by atoms with Crippen molar-refractivity contribution in [3.63, 3.8) is 0 Å². The van der Waals surface area contributed by atoms with Gasteiger partial charge >= 0.3 is 11.7 Å². The van der Waals surface area contributed by atoms with Crippen LogP contribution in [0.25, 0.3) is 11.0 Å². The molecule has 8 nitrogen and oxygen atoms in total. The molecule has 2 aromatic carbocycles. The third-order valence-electron chi connectivity index (χ3n) is 5.40. The second-order valence-corrected chi connectivity index (χ2v) is 7.22. The molecule has 1 aliphatic heterocycles. The largest absolute Gasteiger partial charge is 0.497 e. The lowest BCUT2D eigenvalue weighted by Crippen LogP contribution is -2.38. The standard InChI is InChI=1S/C22H23N3O5/c1-23-18-7-3-4-8-19(18)25(22(23)28)13-21(27)30-14-20(26)24-11-5-6-15-12-16(29-2)9-10-17(15)24/h3-4,7-10,12H,5-6,11,13-14H2,1-2H3. The van der Waals surface area contributed by atoms with Crippen LogP contribution >= 0.6 is 0 Å². The molecular formula is C22H23N3O5. The fourth-order valence-electron chi connectivity index (χ4n) is 3.87. The number of anilines is 1. The van der Waals surface area contributed by atoms with Crippen LogP contribution in [0.15, 0.2) is 47.3 Å². The highest BCUT2D eigenvalue weighted by atomic mass is 16.5. The van der Waals surface area contributed by atoms with Gasteiger partial charge in [0.1, 0.15) is 12.3 Å². The summed E-state index contributed by atoms with van der Waals surface area (Å²) >= 11 is 0. The van der Waals surface area contributed by atoms with Gasteiger partial charge in [0.15, 0.2) is 6.61 Å². The minimum Gasteiger partial charge on any atom is -0.497 e. The number of ether oxygens (including phenoxy) is 2. The molecule has 1 amide bonds. The van der Waals surface area contributed by atoms with Crippen molar-refractivity contribution in [1.82, 2.24) is 9.13 Å². The lowest BCUT2D eigenvalue weighted by molar-refractivity contribution is -0.148. The van der Waals surface area contributed by atoms with Crippen LogP contribution in [0.4, 0.5) is 5.69 Å². The Labute approximate surface area is 173 Å². The number of esters is 1. The van der Waals surface area contributed by atoms with Crippen molar-refractivity contribution in [2.24, 2.45) is 7.05 Å². The van der Waals surface area contributed by atoms with Gasteiger partial charge in [-0.1, -0.05) is 12.1 Å². The van der Waals surface area contributed by atoms with E-state index in [0.29, 0.717) is 12.1 Å². The van der Waals surface area contributed by atoms with Crippen LogP contribution in [-0.4, -0.2) is 41.3 Å². The summed E-state index contributed by atoms with van der Waals surface area (Å²) < 4.78 is 13.3. The van der Waals surface area contributed by atoms with Crippen molar-refractivity contribution in [2.75, 3.05) is 25.2 Å². The summed E-state index contributed by atoms with van der Waals surface area (Å²) in [5, 5.41) is 0. The van der Waals surface area contributed by atoms with E-state index in [1.165, 1.54) is 9.13 Å². The Balaban J connectivity index is 1.44. The Morgan fingerprint density at radius 3 is 2.63 bits per heavy atom. The first-order valence-electron chi connectivity index (χ1n) is 9.76. The zero-order valence-corrected chi connectivity index (χ0v) is 17.0. The molecule has 30 heavy (non-hydrogen) atoms. The molecule has 3 aromatic rings. The summed E-state index contributed by atoms with van der Waals surface area (Å²) in [5.41, 5.74) is 2.91. The van der Waals surface area contributed by atoms with Crippen molar-refractivity contribution < 1.29 is 19.1 Å². The predicted molar refractivity (Wildman–Crippen MR) is 112 cm³/mol. The van der Waals surface area contributed by atoms with E-state index in [4.69, 9.17) is 9.47 Å². The second kappa shape index (κ2) is 8.06. The van der Waals surface area contributed by atoms with Crippen LogP contribution in [0, 0.1) is 0 Å². The smallest absolute Gasteiger partial charge is 0.329 e. The fourth-order valence-corrected chi connectivity index (χ4v) is 3.87. The van der Waals surface area contributed by atoms with Gasteiger partial charge in [-0.05, 0) is 48.7 Å². The van der Waals surface area contributed by atoms with Crippen molar-refractivity contribution in [3.8, 4) is 5.75 Å². The summed E-state index contributed by atoms with van der Waals surface area (Å²) in [7, 11) is 3.26. The maximum Gasteiger partial charge on any atom is 0.329 e. The summed E-state index contributed by atoms with van der Waals surface area (Å²) in [5.74, 6) is -0.177. The lowest BCUT2D eigenvalue weighted by atomic mass is 10.0. The molecule has 0 bridgehead atoms. The average molecular weight is 409 g/mol. The van der Waals surface area contributed by atoms with E-state index in [1.54, 1.807) is 31.2 Å². The third-order valence-corrected chi connectivity index (χ3v) is 5.40. The summed E-state index contributed by atoms with van der Waals surface area (Å²) in [6, 6.07) is 12.8. The van der Waals surface area contributed by atoms with Gasteiger partial charge in [-0.3, -0.25) is 18.7 Å². The zero-order chi connectivity index (χ0) is 21.3. The molecule has 0 spiro atoms. The fraction of sp³-hybridized carbons (Fsp3) is 0.318. The first kappa shape index (κ1) is 19.8. The number of para-hydroxylation sites is 2. The molecule has 0 fully saturated rings. The number of hydrogen-bond donors (Lipinski definition) is 0. The van der Waals surface area contributed by atoms with Crippen LogP contribution in [0.2, 0.25) is 0 Å². The molecule has 1 aliphatic rings. The van der Waals surface area contributed by atoms with E-state index in [1.807, 2.05) is 30.3 Å². The monoisotopic (exact) mass is 409 g/mol. The predicted octanol–water partition coefficient (Wildman–Crippen LogP) is 1.87. The molecule has 0 saturated heterocycles. The summed E-state index contributed by atoms with van der Waals surface area (Å²) in [6.07, 6.45) is 1.69. The van der Waals surface area contributed by atoms with E-state index < -0.39 is 5.97 Å². The highest BCUT2D eigenvalue weighted by molar-refractivity contribution is 5.96. The first-order valence-corrected chi connectivity index (χ1v) is 9.76. The summed E-state index contributed by atoms with van der Waals surface area (Å²) in [4.78, 5) is 39.1. The van der Waals surface area contributed by atoms with Crippen LogP contribution in [-0.2, 0) is 34.3 Å². The number of hydrogen-bond acceptors (Lipinski definition) is 5. The van der Waals surface area contributed by atoms with Gasteiger partial charge in [0.2, 0.25) is 0 Å². The molecule has 0 saturated carbocycles. The van der Waals surface area contributed by atoms with E-state index in [9.17, 15) is 14.4 Å². The molecule has 156 valence electrons. The van der Waals surface area contributed by atoms with Gasteiger partial charge in [-0.2, -0.15) is 0 Å². The SMILES string of the molecule is COc1ccc2c(c1)CCCN2C(=O)COC(=O)Cn1c(=O)n(C)c2ccccc21. The minimum absolute atomic E-state index is 0.249. The molecular weight excluding hydrogens is 386 g/mol. The normalized spacial score (nSPS) is 13.2. The maximum absolute atomic E-state index is 12.7. The molecule has 8 heteroatoms. The van der Waals surface area contributed by atoms with Gasteiger partial charge in [0.25, 0.3) is 5.91 Å². The number of imidazole rings is 1. The van der Waals surface area contributed by atoms with Gasteiger partial charge in [0, 0.05) is 19.3 Å². The number of rotatable bonds is 5. The van der Waals surface area contributed by atoms with Crippen molar-refractivity contribution >= 4 is 28.6 Å². The number of carbonyl (C=O) groups is 2. The summed E-state index contributed by atoms with van der Waals surface area (Å²) in [6.45, 7) is -0.0520. The average Bonchev–Trinajstić information content (AvgIpc) is 3.01. The topological polar surface area (TPSA) is 82.8 Å². The Hall–Kier alpha value is -3.55. The Morgan fingerprint density at radius 2 is 1.87 bits per heavy atom. The van der Waals surface area contributed by atoms with Gasteiger partial charge < -0.3 is 14.4 Å². The molecule has 4 rings (SSSR count). The minimum atomic E-state index is -0.631. The molecule has 0 atom stereocenters. The Morgan fingerprint density at radius 1 is 1.10 bits per heavy atom. The molecule has 0 N–H and O–H groups in total. The van der Waals surface area contributed by atoms with Crippen molar-refractivity contribution in [3.05, 3.63) is 58.5 Å². The molecule has 2 heterocycles. The molecule has 0 radical (unpaired) electrons. The highest BCUT2D eigenvalue weighted by Crippen LogP contribution is 2.30. The lowest BCUT2D eigenvalue weighted by Gasteiger charge is -2.29. The number of fused-ring (bicyclic) bond motifs is 2. The number of aromatic nitrogens is 2. The number of benzene rings is 2. The molecule has 0 unspecified atom stereocenters. The van der Waals surface area contributed by atoms with Crippen LogP contribution < -0.4 is 15.3 Å². The second-order valence-electron chi connectivity index (χ2n) is 7.22. The van der Waals surface area contributed by atoms with Crippen LogP contribution in [0.5, 0.6) is 5.75 Å². The number of amides is 1. The Bertz CT molecular complexity index is 1180. The Kier molecular flexibility index (Phi) is 5.31. The zero-order valence-electron chi connectivity index (χ0n) is 17.0. The van der Waals surface area contributed by atoms with Crippen molar-refractivity contribution in [2.45, 2.75) is 19.4 Å². The van der Waals surface area contributed by atoms with Crippen LogP contribution in [0.1, 0.15) is 12.0 Å². The van der Waals surface area contributed by atoms with Gasteiger partial charge in [-0.15, -0.1) is 0 Å². The van der Waals surface area contributed by atoms with Gasteiger partial charge in [-0.25, -0.2) is 4.79 Å². The van der Waals surface area contributed by atoms with E-state index in [-0.39, 0.29) is 24.7 Å². The van der Waals surface area contributed by atoms with E-state index in [2.05, 4.69) is 0 Å². The number of nitrogens with zero attached hydrogens (tertiary/aromatic N) is 3. The molecule has 0 aliphatic carbocycles. The highest BCUT2D eigenvalue weighted by Gasteiger charge is 2.24. The van der Waals surface area contributed by atoms with E-state index >= 15 is 0 Å². The third kappa shape index (κ3) is 3.56. The van der Waals surface area contributed by atoms with Crippen molar-refractivity contribution in [1.29, 1.82) is 0 Å². The number of aryl methyl sites for hydroxylation is 2. The number of carbonyl (C=O) groups excluding carboxylic acids is 2. The van der Waals surface area contributed by atoms with Gasteiger partial charge in [0.05, 0.1) is 18.1 Å². The number of methoxy groups -OCH3 is 1. The van der Waals surface area contributed by atoms with E-state index in [0.717, 1.165) is 35.4 Å². The quantitative estimate of drug-likeness (QED) is 0.601. The van der Waals surface area contributed by atoms with Crippen LogP contribution in [0.3, 0.4) is 0 Å².